The maximum atomic E-state index is 12.8. The van der Waals surface area contributed by atoms with Crippen molar-refractivity contribution in [3.8, 4) is 11.5 Å². The van der Waals surface area contributed by atoms with Crippen molar-refractivity contribution in [1.82, 2.24) is 29.3 Å². The Morgan fingerprint density at radius 2 is 2.13 bits per heavy atom. The van der Waals surface area contributed by atoms with Crippen molar-refractivity contribution in [2.45, 2.75) is 25.9 Å². The van der Waals surface area contributed by atoms with Crippen molar-refractivity contribution in [1.29, 1.82) is 0 Å². The predicted octanol–water partition coefficient (Wildman–Crippen LogP) is 3.09. The van der Waals surface area contributed by atoms with E-state index in [0.717, 1.165) is 10.9 Å². The minimum Gasteiger partial charge on any atom is -0.377 e. The summed E-state index contributed by atoms with van der Waals surface area (Å²) in [4.78, 5) is 21.7. The van der Waals surface area contributed by atoms with Crippen LogP contribution in [0, 0.1) is 0 Å². The fourth-order valence-electron chi connectivity index (χ4n) is 3.49. The lowest BCUT2D eigenvalue weighted by Gasteiger charge is -2.28. The fourth-order valence-corrected chi connectivity index (χ4v) is 3.49. The van der Waals surface area contributed by atoms with Gasteiger partial charge in [-0.25, -0.2) is 4.98 Å². The van der Waals surface area contributed by atoms with E-state index in [0.29, 0.717) is 42.3 Å². The molecular formula is C21H21N7O2. The van der Waals surface area contributed by atoms with Crippen LogP contribution in [0.3, 0.4) is 0 Å². The molecule has 0 unspecified atom stereocenters. The summed E-state index contributed by atoms with van der Waals surface area (Å²) in [5.41, 5.74) is 1.94. The number of anilines is 1. The van der Waals surface area contributed by atoms with Crippen LogP contribution >= 0.6 is 0 Å². The molecule has 0 bridgehead atoms. The Hall–Kier alpha value is -3.59. The first kappa shape index (κ1) is 18.4. The summed E-state index contributed by atoms with van der Waals surface area (Å²) in [6, 6.07) is 9.72. The number of hydrogen-bond acceptors (Lipinski definition) is 6. The van der Waals surface area contributed by atoms with Gasteiger partial charge in [0.15, 0.2) is 5.82 Å². The Labute approximate surface area is 172 Å². The van der Waals surface area contributed by atoms with Gasteiger partial charge in [0, 0.05) is 23.8 Å². The lowest BCUT2D eigenvalue weighted by atomic mass is 10.2. The Bertz CT molecular complexity index is 1220. The number of fused-ring (bicyclic) bond motifs is 1. The molecule has 4 aromatic heterocycles. The second-order valence-electron chi connectivity index (χ2n) is 7.56. The van der Waals surface area contributed by atoms with Crippen LogP contribution < -0.4 is 5.32 Å². The number of aromatic nitrogens is 6. The molecule has 1 aliphatic rings. The normalized spacial score (nSPS) is 14.2. The molecule has 1 aliphatic heterocycles. The van der Waals surface area contributed by atoms with Crippen LogP contribution in [-0.2, 0) is 4.74 Å². The molecule has 4 aromatic rings. The Morgan fingerprint density at radius 1 is 1.27 bits per heavy atom. The van der Waals surface area contributed by atoms with Gasteiger partial charge in [0.25, 0.3) is 5.91 Å². The number of nitrogens with zero attached hydrogens (tertiary/aromatic N) is 6. The van der Waals surface area contributed by atoms with E-state index in [4.69, 9.17) is 4.74 Å². The van der Waals surface area contributed by atoms with Crippen molar-refractivity contribution >= 4 is 22.6 Å². The van der Waals surface area contributed by atoms with Crippen LogP contribution in [0.5, 0.6) is 0 Å². The summed E-state index contributed by atoms with van der Waals surface area (Å²) in [6.45, 7) is 5.47. The number of hydrogen-bond donors (Lipinski definition) is 1. The van der Waals surface area contributed by atoms with Gasteiger partial charge in [-0.2, -0.15) is 0 Å². The van der Waals surface area contributed by atoms with Gasteiger partial charge in [0.05, 0.1) is 24.8 Å². The van der Waals surface area contributed by atoms with E-state index in [-0.39, 0.29) is 11.9 Å². The second kappa shape index (κ2) is 7.34. The summed E-state index contributed by atoms with van der Waals surface area (Å²) in [5.74, 6) is 0.770. The van der Waals surface area contributed by atoms with Gasteiger partial charge >= 0.3 is 0 Å². The second-order valence-corrected chi connectivity index (χ2v) is 7.56. The van der Waals surface area contributed by atoms with Crippen molar-refractivity contribution in [2.75, 3.05) is 18.5 Å². The van der Waals surface area contributed by atoms with E-state index < -0.39 is 0 Å². The van der Waals surface area contributed by atoms with Gasteiger partial charge in [-0.05, 0) is 38.1 Å². The molecule has 1 saturated heterocycles. The van der Waals surface area contributed by atoms with Gasteiger partial charge in [0.2, 0.25) is 0 Å². The summed E-state index contributed by atoms with van der Waals surface area (Å²) >= 11 is 0. The molecule has 9 nitrogen and oxygen atoms in total. The quantitative estimate of drug-likeness (QED) is 0.550. The average Bonchev–Trinajstić information content (AvgIpc) is 3.34. The van der Waals surface area contributed by atoms with Gasteiger partial charge in [-0.15, -0.1) is 10.2 Å². The fraction of sp³-hybridized carbons (Fsp3) is 0.286. The highest BCUT2D eigenvalue weighted by molar-refractivity contribution is 6.04. The van der Waals surface area contributed by atoms with E-state index in [1.165, 1.54) is 0 Å². The smallest absolute Gasteiger partial charge is 0.275 e. The standard InChI is InChI=1S/C21H21N7O2/c1-13(2)28-12-23-26-20(28)16-4-3-5-19(24-16)25-21(29)17-8-18-14(9-22-17)6-7-27(18)15-10-30-11-15/h3-9,12-13,15H,10-11H2,1-2H3,(H,24,25,29). The zero-order valence-corrected chi connectivity index (χ0v) is 16.7. The molecule has 0 aromatic carbocycles. The monoisotopic (exact) mass is 403 g/mol. The first-order valence-corrected chi connectivity index (χ1v) is 9.83. The highest BCUT2D eigenvalue weighted by Gasteiger charge is 2.22. The summed E-state index contributed by atoms with van der Waals surface area (Å²) in [6.07, 6.45) is 5.40. The van der Waals surface area contributed by atoms with Crippen LogP contribution in [0.2, 0.25) is 0 Å². The van der Waals surface area contributed by atoms with Crippen molar-refractivity contribution in [2.24, 2.45) is 0 Å². The average molecular weight is 403 g/mol. The number of nitrogens with one attached hydrogen (secondary N) is 1. The summed E-state index contributed by atoms with van der Waals surface area (Å²) in [5, 5.41) is 12.0. The number of carbonyl (C=O) groups is 1. The van der Waals surface area contributed by atoms with Crippen LogP contribution in [0.25, 0.3) is 22.4 Å². The number of ether oxygens (including phenoxy) is 1. The van der Waals surface area contributed by atoms with Gasteiger partial charge in [-0.1, -0.05) is 6.07 Å². The minimum absolute atomic E-state index is 0.197. The first-order valence-electron chi connectivity index (χ1n) is 9.83. The van der Waals surface area contributed by atoms with Gasteiger partial charge in [0.1, 0.15) is 23.5 Å². The van der Waals surface area contributed by atoms with E-state index in [2.05, 4.69) is 30.0 Å². The largest absolute Gasteiger partial charge is 0.377 e. The third-order valence-corrected chi connectivity index (χ3v) is 5.20. The molecule has 0 spiro atoms. The highest BCUT2D eigenvalue weighted by atomic mass is 16.5. The van der Waals surface area contributed by atoms with E-state index >= 15 is 0 Å². The summed E-state index contributed by atoms with van der Waals surface area (Å²) in [7, 11) is 0. The molecule has 0 saturated carbocycles. The van der Waals surface area contributed by atoms with Crippen molar-refractivity contribution in [3.05, 3.63) is 54.7 Å². The molecule has 0 aliphatic carbocycles. The molecule has 1 amide bonds. The van der Waals surface area contributed by atoms with Crippen LogP contribution in [-0.4, -0.2) is 48.4 Å². The van der Waals surface area contributed by atoms with E-state index in [1.807, 2.05) is 48.9 Å². The minimum atomic E-state index is -0.315. The molecule has 30 heavy (non-hydrogen) atoms. The van der Waals surface area contributed by atoms with E-state index in [9.17, 15) is 4.79 Å². The molecule has 0 radical (unpaired) electrons. The van der Waals surface area contributed by atoms with Crippen LogP contribution in [0.1, 0.15) is 36.4 Å². The molecule has 9 heteroatoms. The third kappa shape index (κ3) is 3.22. The molecule has 1 fully saturated rings. The lowest BCUT2D eigenvalue weighted by molar-refractivity contribution is -0.0213. The number of pyridine rings is 2. The maximum Gasteiger partial charge on any atom is 0.275 e. The zero-order chi connectivity index (χ0) is 20.7. The van der Waals surface area contributed by atoms with Crippen LogP contribution in [0.4, 0.5) is 5.82 Å². The highest BCUT2D eigenvalue weighted by Crippen LogP contribution is 2.25. The summed E-state index contributed by atoms with van der Waals surface area (Å²) < 4.78 is 9.36. The number of carbonyl (C=O) groups excluding carboxylic acids is 1. The van der Waals surface area contributed by atoms with Crippen LogP contribution in [0.15, 0.2) is 49.1 Å². The van der Waals surface area contributed by atoms with Gasteiger partial charge in [-0.3, -0.25) is 9.78 Å². The van der Waals surface area contributed by atoms with Crippen molar-refractivity contribution < 1.29 is 9.53 Å². The third-order valence-electron chi connectivity index (χ3n) is 5.20. The Kier molecular flexibility index (Phi) is 4.51. The predicted molar refractivity (Wildman–Crippen MR) is 111 cm³/mol. The van der Waals surface area contributed by atoms with Gasteiger partial charge < -0.3 is 19.2 Å². The molecule has 5 heterocycles. The zero-order valence-electron chi connectivity index (χ0n) is 16.7. The first-order chi connectivity index (χ1) is 14.6. The SMILES string of the molecule is CC(C)n1cnnc1-c1cccc(NC(=O)c2cc3c(ccn3C3COC3)cn2)n1. The topological polar surface area (TPSA) is 99.8 Å². The number of amides is 1. The number of rotatable bonds is 5. The maximum absolute atomic E-state index is 12.8. The van der Waals surface area contributed by atoms with Crippen molar-refractivity contribution in [3.63, 3.8) is 0 Å². The lowest BCUT2D eigenvalue weighted by Crippen LogP contribution is -2.30. The molecule has 5 rings (SSSR count). The Morgan fingerprint density at radius 3 is 2.90 bits per heavy atom. The molecular weight excluding hydrogens is 382 g/mol. The van der Waals surface area contributed by atoms with E-state index in [1.54, 1.807) is 18.6 Å². The molecule has 0 atom stereocenters. The molecule has 1 N–H and O–H groups in total. The Balaban J connectivity index is 1.41. The molecule has 152 valence electrons.